The fraction of sp³-hybridized carbons (Fsp3) is 0.286. The molecule has 1 heterocycles. The molecule has 0 N–H and O–H groups in total. The molecular formula is C14H15NO3. The molecule has 2 aromatic rings. The van der Waals surface area contributed by atoms with Gasteiger partial charge >= 0.3 is 0 Å². The summed E-state index contributed by atoms with van der Waals surface area (Å²) in [4.78, 5) is 14.8. The average Bonchev–Trinajstić information content (AvgIpc) is 2.85. The minimum Gasteiger partial charge on any atom is -0.487 e. The van der Waals surface area contributed by atoms with E-state index in [9.17, 15) is 4.79 Å². The Morgan fingerprint density at radius 1 is 1.44 bits per heavy atom. The Morgan fingerprint density at radius 3 is 3.00 bits per heavy atom. The summed E-state index contributed by atoms with van der Waals surface area (Å²) >= 11 is 0. The molecule has 0 saturated carbocycles. The standard InChI is InChI=1S/C14H15NO3/c1-10(2)14-13(15-9-18-14)8-17-12-5-3-4-11(6-12)7-16/h3-7,9-10H,8H2,1-2H3. The highest BCUT2D eigenvalue weighted by Crippen LogP contribution is 2.20. The number of hydrogen-bond donors (Lipinski definition) is 0. The highest BCUT2D eigenvalue weighted by molar-refractivity contribution is 5.75. The summed E-state index contributed by atoms with van der Waals surface area (Å²) in [6.07, 6.45) is 2.22. The number of carbonyl (C=O) groups excluding carboxylic acids is 1. The maximum Gasteiger partial charge on any atom is 0.181 e. The van der Waals surface area contributed by atoms with Crippen LogP contribution in [-0.2, 0) is 6.61 Å². The van der Waals surface area contributed by atoms with Gasteiger partial charge in [-0.2, -0.15) is 0 Å². The Labute approximate surface area is 106 Å². The minimum absolute atomic E-state index is 0.271. The van der Waals surface area contributed by atoms with E-state index in [1.807, 2.05) is 19.9 Å². The molecule has 0 spiro atoms. The minimum atomic E-state index is 0.271. The lowest BCUT2D eigenvalue weighted by Crippen LogP contribution is -2.00. The number of aldehydes is 1. The van der Waals surface area contributed by atoms with Crippen molar-refractivity contribution in [3.8, 4) is 5.75 Å². The predicted octanol–water partition coefficient (Wildman–Crippen LogP) is 3.19. The number of aromatic nitrogens is 1. The van der Waals surface area contributed by atoms with E-state index in [2.05, 4.69) is 4.98 Å². The van der Waals surface area contributed by atoms with Crippen LogP contribution in [0.15, 0.2) is 35.1 Å². The number of oxazole rings is 1. The highest BCUT2D eigenvalue weighted by atomic mass is 16.5. The first-order valence-corrected chi connectivity index (χ1v) is 5.81. The smallest absolute Gasteiger partial charge is 0.181 e. The van der Waals surface area contributed by atoms with Gasteiger partial charge in [0.05, 0.1) is 0 Å². The van der Waals surface area contributed by atoms with Gasteiger partial charge in [-0.15, -0.1) is 0 Å². The lowest BCUT2D eigenvalue weighted by Gasteiger charge is -2.07. The summed E-state index contributed by atoms with van der Waals surface area (Å²) in [6, 6.07) is 7.02. The van der Waals surface area contributed by atoms with Gasteiger partial charge in [0.1, 0.15) is 30.1 Å². The van der Waals surface area contributed by atoms with Crippen LogP contribution in [0.2, 0.25) is 0 Å². The van der Waals surface area contributed by atoms with Crippen LogP contribution in [0, 0.1) is 0 Å². The summed E-state index contributed by atoms with van der Waals surface area (Å²) < 4.78 is 10.9. The quantitative estimate of drug-likeness (QED) is 0.759. The summed E-state index contributed by atoms with van der Waals surface area (Å²) in [5, 5.41) is 0. The molecule has 94 valence electrons. The van der Waals surface area contributed by atoms with E-state index in [0.29, 0.717) is 17.9 Å². The molecule has 0 atom stereocenters. The SMILES string of the molecule is CC(C)c1ocnc1COc1cccc(C=O)c1. The number of carbonyl (C=O) groups is 1. The zero-order chi connectivity index (χ0) is 13.0. The maximum atomic E-state index is 10.7. The normalized spacial score (nSPS) is 10.6. The van der Waals surface area contributed by atoms with Gasteiger partial charge in [0.15, 0.2) is 6.39 Å². The Hall–Kier alpha value is -2.10. The molecule has 1 aromatic heterocycles. The van der Waals surface area contributed by atoms with E-state index < -0.39 is 0 Å². The second-order valence-corrected chi connectivity index (χ2v) is 4.30. The third kappa shape index (κ3) is 2.77. The van der Waals surface area contributed by atoms with Crippen molar-refractivity contribution in [1.82, 2.24) is 4.98 Å². The summed E-state index contributed by atoms with van der Waals surface area (Å²) in [5.41, 5.74) is 1.39. The molecule has 4 heteroatoms. The summed E-state index contributed by atoms with van der Waals surface area (Å²) in [6.45, 7) is 4.42. The van der Waals surface area contributed by atoms with E-state index in [4.69, 9.17) is 9.15 Å². The Morgan fingerprint density at radius 2 is 2.28 bits per heavy atom. The molecular weight excluding hydrogens is 230 g/mol. The fourth-order valence-electron chi connectivity index (χ4n) is 1.69. The summed E-state index contributed by atoms with van der Waals surface area (Å²) in [5.74, 6) is 1.76. The van der Waals surface area contributed by atoms with Crippen LogP contribution in [0.25, 0.3) is 0 Å². The van der Waals surface area contributed by atoms with Crippen molar-refractivity contribution in [2.75, 3.05) is 0 Å². The van der Waals surface area contributed by atoms with Gasteiger partial charge in [-0.25, -0.2) is 4.98 Å². The van der Waals surface area contributed by atoms with Gasteiger partial charge in [0.25, 0.3) is 0 Å². The molecule has 0 fully saturated rings. The first kappa shape index (κ1) is 12.4. The highest BCUT2D eigenvalue weighted by Gasteiger charge is 2.12. The predicted molar refractivity (Wildman–Crippen MR) is 66.8 cm³/mol. The first-order valence-electron chi connectivity index (χ1n) is 5.81. The second-order valence-electron chi connectivity index (χ2n) is 4.30. The van der Waals surface area contributed by atoms with E-state index in [1.165, 1.54) is 6.39 Å². The monoisotopic (exact) mass is 245 g/mol. The third-order valence-electron chi connectivity index (χ3n) is 2.57. The van der Waals surface area contributed by atoms with Crippen molar-refractivity contribution in [2.24, 2.45) is 0 Å². The lowest BCUT2D eigenvalue weighted by atomic mass is 10.1. The number of nitrogens with zero attached hydrogens (tertiary/aromatic N) is 1. The van der Waals surface area contributed by atoms with E-state index in [0.717, 1.165) is 17.7 Å². The van der Waals surface area contributed by atoms with E-state index in [-0.39, 0.29) is 5.92 Å². The van der Waals surface area contributed by atoms with Gasteiger partial charge in [-0.05, 0) is 12.1 Å². The zero-order valence-electron chi connectivity index (χ0n) is 10.4. The first-order chi connectivity index (χ1) is 8.70. The number of ether oxygens (including phenoxy) is 1. The lowest BCUT2D eigenvalue weighted by molar-refractivity contribution is 0.112. The van der Waals surface area contributed by atoms with Crippen molar-refractivity contribution < 1.29 is 13.9 Å². The number of benzene rings is 1. The van der Waals surface area contributed by atoms with Crippen LogP contribution in [0.1, 0.15) is 41.6 Å². The largest absolute Gasteiger partial charge is 0.487 e. The molecule has 0 unspecified atom stereocenters. The van der Waals surface area contributed by atoms with Crippen LogP contribution in [-0.4, -0.2) is 11.3 Å². The molecule has 0 bridgehead atoms. The van der Waals surface area contributed by atoms with E-state index >= 15 is 0 Å². The van der Waals surface area contributed by atoms with Crippen molar-refractivity contribution >= 4 is 6.29 Å². The fourth-order valence-corrected chi connectivity index (χ4v) is 1.69. The van der Waals surface area contributed by atoms with Gasteiger partial charge in [0, 0.05) is 11.5 Å². The van der Waals surface area contributed by atoms with E-state index in [1.54, 1.807) is 18.2 Å². The second kappa shape index (κ2) is 5.49. The number of rotatable bonds is 5. The van der Waals surface area contributed by atoms with Crippen molar-refractivity contribution in [2.45, 2.75) is 26.4 Å². The molecule has 0 aliphatic carbocycles. The number of hydrogen-bond acceptors (Lipinski definition) is 4. The van der Waals surface area contributed by atoms with Gasteiger partial charge in [-0.3, -0.25) is 4.79 Å². The molecule has 0 aliphatic heterocycles. The van der Waals surface area contributed by atoms with Crippen molar-refractivity contribution in [3.05, 3.63) is 47.7 Å². The van der Waals surface area contributed by atoms with Crippen LogP contribution < -0.4 is 4.74 Å². The topological polar surface area (TPSA) is 52.3 Å². The third-order valence-corrected chi connectivity index (χ3v) is 2.57. The molecule has 0 amide bonds. The van der Waals surface area contributed by atoms with Gasteiger partial charge in [0.2, 0.25) is 0 Å². The Bertz CT molecular complexity index is 531. The molecule has 1 aromatic carbocycles. The average molecular weight is 245 g/mol. The van der Waals surface area contributed by atoms with Gasteiger partial charge in [-0.1, -0.05) is 26.0 Å². The Kier molecular flexibility index (Phi) is 3.77. The molecule has 0 saturated heterocycles. The van der Waals surface area contributed by atoms with Crippen LogP contribution in [0.4, 0.5) is 0 Å². The maximum absolute atomic E-state index is 10.7. The summed E-state index contributed by atoms with van der Waals surface area (Å²) in [7, 11) is 0. The van der Waals surface area contributed by atoms with Crippen molar-refractivity contribution in [1.29, 1.82) is 0 Å². The molecule has 2 rings (SSSR count). The van der Waals surface area contributed by atoms with Crippen LogP contribution in [0.3, 0.4) is 0 Å². The molecule has 0 aliphatic rings. The molecule has 18 heavy (non-hydrogen) atoms. The van der Waals surface area contributed by atoms with Crippen LogP contribution >= 0.6 is 0 Å². The molecule has 4 nitrogen and oxygen atoms in total. The van der Waals surface area contributed by atoms with Crippen LogP contribution in [0.5, 0.6) is 5.75 Å². The van der Waals surface area contributed by atoms with Gasteiger partial charge < -0.3 is 9.15 Å². The Balaban J connectivity index is 2.06. The zero-order valence-corrected chi connectivity index (χ0v) is 10.4. The van der Waals surface area contributed by atoms with Crippen molar-refractivity contribution in [3.63, 3.8) is 0 Å². The molecule has 0 radical (unpaired) electrons.